The molecule has 1 atom stereocenters. The first-order chi connectivity index (χ1) is 6.75. The lowest BCUT2D eigenvalue weighted by Crippen LogP contribution is -2.36. The summed E-state index contributed by atoms with van der Waals surface area (Å²) >= 11 is 1.87. The van der Waals surface area contributed by atoms with Gasteiger partial charge < -0.3 is 0 Å². The van der Waals surface area contributed by atoms with Crippen molar-refractivity contribution in [3.63, 3.8) is 0 Å². The summed E-state index contributed by atoms with van der Waals surface area (Å²) in [5.74, 6) is 0. The molecule has 0 fully saturated rings. The van der Waals surface area contributed by atoms with Crippen LogP contribution in [-0.2, 0) is 6.42 Å². The minimum atomic E-state index is 0.707. The third-order valence-corrected chi connectivity index (χ3v) is 3.82. The second-order valence-electron chi connectivity index (χ2n) is 4.13. The second kappa shape index (κ2) is 4.28. The van der Waals surface area contributed by atoms with E-state index in [9.17, 15) is 0 Å². The predicted octanol–water partition coefficient (Wildman–Crippen LogP) is 2.94. The van der Waals surface area contributed by atoms with Gasteiger partial charge in [0.1, 0.15) is 0 Å². The molecule has 1 unspecified atom stereocenters. The molecule has 0 bridgehead atoms. The molecule has 0 aromatic carbocycles. The molecule has 0 saturated carbocycles. The molecule has 1 aliphatic heterocycles. The highest BCUT2D eigenvalue weighted by molar-refractivity contribution is 7.09. The minimum absolute atomic E-state index is 0.707. The van der Waals surface area contributed by atoms with Gasteiger partial charge in [0.2, 0.25) is 0 Å². The highest BCUT2D eigenvalue weighted by atomic mass is 32.1. The Hall–Kier alpha value is -0.600. The maximum Gasteiger partial charge on any atom is 0.0181 e. The van der Waals surface area contributed by atoms with Gasteiger partial charge in [-0.25, -0.2) is 0 Å². The molecule has 0 aliphatic carbocycles. The summed E-state index contributed by atoms with van der Waals surface area (Å²) in [4.78, 5) is 3.96. The van der Waals surface area contributed by atoms with Crippen LogP contribution in [-0.4, -0.2) is 24.5 Å². The van der Waals surface area contributed by atoms with Gasteiger partial charge in [0, 0.05) is 17.5 Å². The van der Waals surface area contributed by atoms with E-state index in [1.807, 2.05) is 11.3 Å². The first kappa shape index (κ1) is 9.94. The number of hydrogen-bond donors (Lipinski definition) is 0. The fraction of sp³-hybridized carbons (Fsp3) is 0.500. The lowest BCUT2D eigenvalue weighted by Gasteiger charge is -2.31. The van der Waals surface area contributed by atoms with Crippen LogP contribution in [0.15, 0.2) is 29.2 Å². The van der Waals surface area contributed by atoms with Crippen LogP contribution in [0.3, 0.4) is 0 Å². The van der Waals surface area contributed by atoms with E-state index < -0.39 is 0 Å². The van der Waals surface area contributed by atoms with E-state index in [2.05, 4.69) is 42.5 Å². The Morgan fingerprint density at radius 1 is 1.57 bits per heavy atom. The van der Waals surface area contributed by atoms with Crippen molar-refractivity contribution in [3.05, 3.63) is 34.0 Å². The zero-order valence-electron chi connectivity index (χ0n) is 8.86. The maximum atomic E-state index is 2.45. The van der Waals surface area contributed by atoms with Gasteiger partial charge in [0.15, 0.2) is 0 Å². The monoisotopic (exact) mass is 207 g/mol. The van der Waals surface area contributed by atoms with Crippen molar-refractivity contribution in [1.29, 1.82) is 0 Å². The van der Waals surface area contributed by atoms with Crippen molar-refractivity contribution in [2.75, 3.05) is 13.6 Å². The van der Waals surface area contributed by atoms with Crippen molar-refractivity contribution < 1.29 is 0 Å². The van der Waals surface area contributed by atoms with Gasteiger partial charge in [-0.3, -0.25) is 4.90 Å². The number of rotatable bonds is 2. The minimum Gasteiger partial charge on any atom is -0.299 e. The van der Waals surface area contributed by atoms with Crippen molar-refractivity contribution in [3.8, 4) is 0 Å². The van der Waals surface area contributed by atoms with Crippen LogP contribution in [0.25, 0.3) is 0 Å². The maximum absolute atomic E-state index is 2.45. The van der Waals surface area contributed by atoms with E-state index in [1.54, 1.807) is 5.57 Å². The van der Waals surface area contributed by atoms with E-state index in [0.717, 1.165) is 6.54 Å². The zero-order valence-corrected chi connectivity index (χ0v) is 9.68. The van der Waals surface area contributed by atoms with Gasteiger partial charge in [-0.15, -0.1) is 11.3 Å². The lowest BCUT2D eigenvalue weighted by molar-refractivity contribution is 0.250. The van der Waals surface area contributed by atoms with Gasteiger partial charge in [-0.05, 0) is 38.3 Å². The first-order valence-corrected chi connectivity index (χ1v) is 6.02. The van der Waals surface area contributed by atoms with E-state index in [1.165, 1.54) is 17.7 Å². The molecule has 0 amide bonds. The smallest absolute Gasteiger partial charge is 0.0181 e. The molecule has 0 saturated heterocycles. The van der Waals surface area contributed by atoms with Crippen LogP contribution >= 0.6 is 11.3 Å². The molecule has 1 aromatic heterocycles. The fourth-order valence-corrected chi connectivity index (χ4v) is 2.73. The first-order valence-electron chi connectivity index (χ1n) is 5.14. The molecule has 2 rings (SSSR count). The summed E-state index contributed by atoms with van der Waals surface area (Å²) in [6, 6.07) is 5.09. The summed E-state index contributed by atoms with van der Waals surface area (Å²) in [7, 11) is 2.22. The van der Waals surface area contributed by atoms with E-state index in [0.29, 0.717) is 6.04 Å². The van der Waals surface area contributed by atoms with Crippen LogP contribution in [0.1, 0.15) is 18.2 Å². The van der Waals surface area contributed by atoms with Crippen LogP contribution < -0.4 is 0 Å². The molecule has 2 heterocycles. The van der Waals surface area contributed by atoms with Gasteiger partial charge in [0.05, 0.1) is 0 Å². The third kappa shape index (κ3) is 2.25. The highest BCUT2D eigenvalue weighted by Crippen LogP contribution is 2.21. The Labute approximate surface area is 90.1 Å². The molecule has 1 nitrogen and oxygen atoms in total. The summed E-state index contributed by atoms with van der Waals surface area (Å²) in [5.41, 5.74) is 1.55. The summed E-state index contributed by atoms with van der Waals surface area (Å²) < 4.78 is 0. The fourth-order valence-electron chi connectivity index (χ4n) is 1.95. The molecular formula is C12H17NS. The standard InChI is InChI=1S/C12H17NS/c1-10-5-6-13(2)11(8-10)9-12-4-3-7-14-12/h3-5,7,11H,6,8-9H2,1-2H3. The van der Waals surface area contributed by atoms with Gasteiger partial charge >= 0.3 is 0 Å². The van der Waals surface area contributed by atoms with Gasteiger partial charge in [-0.1, -0.05) is 17.7 Å². The molecule has 0 spiro atoms. The third-order valence-electron chi connectivity index (χ3n) is 2.93. The molecule has 76 valence electrons. The van der Waals surface area contributed by atoms with Gasteiger partial charge in [-0.2, -0.15) is 0 Å². The van der Waals surface area contributed by atoms with Crippen molar-refractivity contribution in [2.45, 2.75) is 25.8 Å². The zero-order chi connectivity index (χ0) is 9.97. The average molecular weight is 207 g/mol. The van der Waals surface area contributed by atoms with Gasteiger partial charge in [0.25, 0.3) is 0 Å². The summed E-state index contributed by atoms with van der Waals surface area (Å²) in [6.07, 6.45) is 4.78. The highest BCUT2D eigenvalue weighted by Gasteiger charge is 2.18. The number of likely N-dealkylation sites (N-methyl/N-ethyl adjacent to an activating group) is 1. The Morgan fingerprint density at radius 2 is 2.43 bits per heavy atom. The van der Waals surface area contributed by atoms with Crippen LogP contribution in [0, 0.1) is 0 Å². The topological polar surface area (TPSA) is 3.24 Å². The SMILES string of the molecule is CC1=CCN(C)C(Cc2cccs2)C1. The Balaban J connectivity index is 2.01. The molecule has 1 aromatic rings. The normalized spacial score (nSPS) is 23.6. The number of nitrogens with zero attached hydrogens (tertiary/aromatic N) is 1. The lowest BCUT2D eigenvalue weighted by atomic mass is 9.99. The molecule has 2 heteroatoms. The van der Waals surface area contributed by atoms with Crippen LogP contribution in [0.4, 0.5) is 0 Å². The van der Waals surface area contributed by atoms with Crippen molar-refractivity contribution in [2.24, 2.45) is 0 Å². The molecule has 0 N–H and O–H groups in total. The largest absolute Gasteiger partial charge is 0.299 e. The quantitative estimate of drug-likeness (QED) is 0.674. The molecular weight excluding hydrogens is 190 g/mol. The Morgan fingerprint density at radius 3 is 3.14 bits per heavy atom. The van der Waals surface area contributed by atoms with E-state index in [4.69, 9.17) is 0 Å². The molecule has 0 radical (unpaired) electrons. The average Bonchev–Trinajstić information content (AvgIpc) is 2.64. The second-order valence-corrected chi connectivity index (χ2v) is 5.16. The van der Waals surface area contributed by atoms with Crippen LogP contribution in [0.2, 0.25) is 0 Å². The summed E-state index contributed by atoms with van der Waals surface area (Å²) in [6.45, 7) is 3.36. The number of hydrogen-bond acceptors (Lipinski definition) is 2. The number of thiophene rings is 1. The predicted molar refractivity (Wildman–Crippen MR) is 62.8 cm³/mol. The molecule has 1 aliphatic rings. The Bertz CT molecular complexity index is 313. The Kier molecular flexibility index (Phi) is 3.04. The van der Waals surface area contributed by atoms with Crippen molar-refractivity contribution in [1.82, 2.24) is 4.90 Å². The van der Waals surface area contributed by atoms with E-state index in [-0.39, 0.29) is 0 Å². The van der Waals surface area contributed by atoms with E-state index >= 15 is 0 Å². The van der Waals surface area contributed by atoms with Crippen molar-refractivity contribution >= 4 is 11.3 Å². The summed E-state index contributed by atoms with van der Waals surface area (Å²) in [5, 5.41) is 2.17. The molecule has 14 heavy (non-hydrogen) atoms. The van der Waals surface area contributed by atoms with Crippen LogP contribution in [0.5, 0.6) is 0 Å².